The van der Waals surface area contributed by atoms with Crippen molar-refractivity contribution in [2.75, 3.05) is 18.6 Å². The highest BCUT2D eigenvalue weighted by molar-refractivity contribution is 7.91. The fourth-order valence-electron chi connectivity index (χ4n) is 1.69. The van der Waals surface area contributed by atoms with Crippen LogP contribution in [0.3, 0.4) is 0 Å². The fourth-order valence-corrected chi connectivity index (χ4v) is 2.89. The quantitative estimate of drug-likeness (QED) is 0.779. The Bertz CT molecular complexity index is 625. The van der Waals surface area contributed by atoms with Crippen LogP contribution >= 0.6 is 0 Å². The minimum absolute atomic E-state index is 0.0343. The highest BCUT2D eigenvalue weighted by atomic mass is 32.2. The van der Waals surface area contributed by atoms with Gasteiger partial charge in [0.05, 0.1) is 5.75 Å². The molecule has 1 heterocycles. The minimum atomic E-state index is -4.57. The van der Waals surface area contributed by atoms with E-state index in [-0.39, 0.29) is 18.1 Å². The molecular weight excluding hydrogens is 323 g/mol. The Kier molecular flexibility index (Phi) is 5.60. The molecule has 1 rings (SSSR count). The van der Waals surface area contributed by atoms with Crippen molar-refractivity contribution >= 4 is 15.7 Å². The predicted octanol–water partition coefficient (Wildman–Crippen LogP) is 1.18. The summed E-state index contributed by atoms with van der Waals surface area (Å²) in [5.41, 5.74) is -1.08. The molecule has 1 atom stereocenters. The van der Waals surface area contributed by atoms with Crippen molar-refractivity contribution < 1.29 is 26.4 Å². The molecule has 6 nitrogen and oxygen atoms in total. The van der Waals surface area contributed by atoms with Crippen molar-refractivity contribution in [3.8, 4) is 0 Å². The lowest BCUT2D eigenvalue weighted by molar-refractivity contribution is -0.142. The molecule has 1 amide bonds. The maximum Gasteiger partial charge on any atom is 0.435 e. The predicted molar refractivity (Wildman–Crippen MR) is 73.8 cm³/mol. The van der Waals surface area contributed by atoms with Gasteiger partial charge in [0.15, 0.2) is 15.5 Å². The van der Waals surface area contributed by atoms with Gasteiger partial charge in [-0.15, -0.1) is 0 Å². The molecule has 0 aliphatic rings. The maximum atomic E-state index is 12.4. The molecule has 22 heavy (non-hydrogen) atoms. The highest BCUT2D eigenvalue weighted by Crippen LogP contribution is 2.27. The van der Waals surface area contributed by atoms with E-state index < -0.39 is 33.7 Å². The van der Waals surface area contributed by atoms with Crippen molar-refractivity contribution in [1.82, 2.24) is 14.7 Å². The molecule has 0 aromatic carbocycles. The summed E-state index contributed by atoms with van der Waals surface area (Å²) in [4.78, 5) is 13.2. The number of likely N-dealkylation sites (N-methyl/N-ethyl adjacent to an activating group) is 1. The molecule has 10 heteroatoms. The molecule has 0 fully saturated rings. The van der Waals surface area contributed by atoms with E-state index in [1.54, 1.807) is 6.92 Å². The lowest BCUT2D eigenvalue weighted by Gasteiger charge is -2.24. The number of alkyl halides is 3. The van der Waals surface area contributed by atoms with Crippen LogP contribution in [0.25, 0.3) is 0 Å². The molecule has 0 bridgehead atoms. The molecule has 1 unspecified atom stereocenters. The third-order valence-electron chi connectivity index (χ3n) is 3.22. The second kappa shape index (κ2) is 6.67. The zero-order chi connectivity index (χ0) is 17.1. The summed E-state index contributed by atoms with van der Waals surface area (Å²) in [7, 11) is -1.84. The smallest absolute Gasteiger partial charge is 0.340 e. The molecule has 1 aromatic rings. The van der Waals surface area contributed by atoms with Gasteiger partial charge in [-0.2, -0.15) is 18.3 Å². The largest absolute Gasteiger partial charge is 0.435 e. The number of hydrogen-bond donors (Lipinski definition) is 0. The third-order valence-corrected chi connectivity index (χ3v) is 5.09. The van der Waals surface area contributed by atoms with E-state index in [4.69, 9.17) is 0 Å². The summed E-state index contributed by atoms with van der Waals surface area (Å²) in [6.45, 7) is 2.69. The van der Waals surface area contributed by atoms with E-state index in [1.807, 2.05) is 0 Å². The average molecular weight is 341 g/mol. The van der Waals surface area contributed by atoms with Gasteiger partial charge in [-0.05, 0) is 13.0 Å². The first kappa shape index (κ1) is 18.5. The van der Waals surface area contributed by atoms with Crippen LogP contribution in [-0.2, 0) is 27.4 Å². The Morgan fingerprint density at radius 1 is 1.45 bits per heavy atom. The Labute approximate surface area is 126 Å². The standard InChI is InChI=1S/C12H18F3N3O3S/c1-4-22(20,21)8-9(2)17(3)11(19)7-18-6-5-10(16-18)12(13,14)15/h5-6,9H,4,7-8H2,1-3H3. The van der Waals surface area contributed by atoms with Gasteiger partial charge in [0.2, 0.25) is 5.91 Å². The SMILES string of the molecule is CCS(=O)(=O)CC(C)N(C)C(=O)Cn1ccc(C(F)(F)F)n1. The van der Waals surface area contributed by atoms with E-state index in [0.717, 1.165) is 16.9 Å². The Hall–Kier alpha value is -1.58. The number of carbonyl (C=O) groups excluding carboxylic acids is 1. The van der Waals surface area contributed by atoms with Gasteiger partial charge in [-0.25, -0.2) is 8.42 Å². The molecule has 0 saturated heterocycles. The van der Waals surface area contributed by atoms with Crippen LogP contribution in [0.1, 0.15) is 19.5 Å². The van der Waals surface area contributed by atoms with Crippen LogP contribution in [0.4, 0.5) is 13.2 Å². The molecule has 1 aromatic heterocycles. The molecule has 0 aliphatic carbocycles. The summed E-state index contributed by atoms with van der Waals surface area (Å²) in [6, 6.07) is 0.202. The number of halogens is 3. The third kappa shape index (κ3) is 5.00. The average Bonchev–Trinajstić information content (AvgIpc) is 2.85. The number of carbonyl (C=O) groups is 1. The molecule has 0 aliphatic heterocycles. The normalized spacial score (nSPS) is 13.9. The Balaban J connectivity index is 2.70. The highest BCUT2D eigenvalue weighted by Gasteiger charge is 2.33. The van der Waals surface area contributed by atoms with Crippen LogP contribution in [0.5, 0.6) is 0 Å². The van der Waals surface area contributed by atoms with Gasteiger partial charge in [0, 0.05) is 25.0 Å². The second-order valence-corrected chi connectivity index (χ2v) is 7.35. The van der Waals surface area contributed by atoms with Gasteiger partial charge in [-0.1, -0.05) is 6.92 Å². The minimum Gasteiger partial charge on any atom is -0.340 e. The summed E-state index contributed by atoms with van der Waals surface area (Å²) >= 11 is 0. The summed E-state index contributed by atoms with van der Waals surface area (Å²) in [5, 5.41) is 3.28. The van der Waals surface area contributed by atoms with E-state index in [2.05, 4.69) is 5.10 Å². The lowest BCUT2D eigenvalue weighted by Crippen LogP contribution is -2.41. The van der Waals surface area contributed by atoms with E-state index >= 15 is 0 Å². The number of rotatable bonds is 6. The first-order chi connectivity index (χ1) is 9.96. The molecular formula is C12H18F3N3O3S. The number of aromatic nitrogens is 2. The Morgan fingerprint density at radius 3 is 2.50 bits per heavy atom. The van der Waals surface area contributed by atoms with E-state index in [0.29, 0.717) is 0 Å². The van der Waals surface area contributed by atoms with Crippen LogP contribution < -0.4 is 0 Å². The summed E-state index contributed by atoms with van der Waals surface area (Å²) in [6.07, 6.45) is -3.51. The van der Waals surface area contributed by atoms with Gasteiger partial charge in [-0.3, -0.25) is 9.48 Å². The number of hydrogen-bond acceptors (Lipinski definition) is 4. The van der Waals surface area contributed by atoms with Crippen LogP contribution in [0, 0.1) is 0 Å². The summed E-state index contributed by atoms with van der Waals surface area (Å²) in [5.74, 6) is -0.748. The Morgan fingerprint density at radius 2 is 2.05 bits per heavy atom. The van der Waals surface area contributed by atoms with Gasteiger partial charge >= 0.3 is 6.18 Å². The fraction of sp³-hybridized carbons (Fsp3) is 0.667. The van der Waals surface area contributed by atoms with Gasteiger partial charge in [0.1, 0.15) is 6.54 Å². The number of amides is 1. The van der Waals surface area contributed by atoms with E-state index in [1.165, 1.54) is 18.9 Å². The molecule has 0 radical (unpaired) electrons. The van der Waals surface area contributed by atoms with Crippen molar-refractivity contribution in [3.05, 3.63) is 18.0 Å². The second-order valence-electron chi connectivity index (χ2n) is 4.95. The number of nitrogens with zero attached hydrogens (tertiary/aromatic N) is 3. The first-order valence-electron chi connectivity index (χ1n) is 6.53. The van der Waals surface area contributed by atoms with Crippen molar-refractivity contribution in [1.29, 1.82) is 0 Å². The molecule has 126 valence electrons. The van der Waals surface area contributed by atoms with Gasteiger partial charge < -0.3 is 4.90 Å². The van der Waals surface area contributed by atoms with Crippen molar-refractivity contribution in [3.63, 3.8) is 0 Å². The molecule has 0 N–H and O–H groups in total. The van der Waals surface area contributed by atoms with Crippen LogP contribution in [0.2, 0.25) is 0 Å². The molecule has 0 spiro atoms. The lowest BCUT2D eigenvalue weighted by atomic mass is 10.3. The topological polar surface area (TPSA) is 72.3 Å². The van der Waals surface area contributed by atoms with Gasteiger partial charge in [0.25, 0.3) is 0 Å². The molecule has 0 saturated carbocycles. The maximum absolute atomic E-state index is 12.4. The summed E-state index contributed by atoms with van der Waals surface area (Å²) < 4.78 is 61.2. The van der Waals surface area contributed by atoms with Crippen molar-refractivity contribution in [2.24, 2.45) is 0 Å². The monoisotopic (exact) mass is 341 g/mol. The zero-order valence-electron chi connectivity index (χ0n) is 12.5. The zero-order valence-corrected chi connectivity index (χ0v) is 13.3. The van der Waals surface area contributed by atoms with Crippen LogP contribution in [-0.4, -0.2) is 53.6 Å². The van der Waals surface area contributed by atoms with Crippen LogP contribution in [0.15, 0.2) is 12.3 Å². The van der Waals surface area contributed by atoms with E-state index in [9.17, 15) is 26.4 Å². The van der Waals surface area contributed by atoms with Crippen molar-refractivity contribution in [2.45, 2.75) is 32.6 Å². The first-order valence-corrected chi connectivity index (χ1v) is 8.35. The number of sulfone groups is 1.